The van der Waals surface area contributed by atoms with Crippen LogP contribution >= 0.6 is 8.58 Å². The summed E-state index contributed by atoms with van der Waals surface area (Å²) in [4.78, 5) is 14.0. The van der Waals surface area contributed by atoms with Crippen LogP contribution in [-0.2, 0) is 11.2 Å². The van der Waals surface area contributed by atoms with Crippen molar-refractivity contribution in [3.63, 3.8) is 0 Å². The monoisotopic (exact) mass is 367 g/mol. The number of carbonyl (C=O) groups excluding carboxylic acids is 1. The summed E-state index contributed by atoms with van der Waals surface area (Å²) in [5.74, 6) is 4.20. The van der Waals surface area contributed by atoms with E-state index in [1.807, 2.05) is 54.4 Å². The van der Waals surface area contributed by atoms with Gasteiger partial charge >= 0.3 is 0 Å². The van der Waals surface area contributed by atoms with E-state index in [2.05, 4.69) is 17.9 Å². The summed E-state index contributed by atoms with van der Waals surface area (Å²) in [6.07, 6.45) is 5.03. The molecule has 1 unspecified atom stereocenters. The Balaban J connectivity index is 1.41. The molecule has 1 fully saturated rings. The number of ether oxygens (including phenoxy) is 1. The summed E-state index contributed by atoms with van der Waals surface area (Å²) in [6.45, 7) is 0.795. The van der Waals surface area contributed by atoms with Crippen molar-refractivity contribution < 1.29 is 9.53 Å². The van der Waals surface area contributed by atoms with E-state index in [1.165, 1.54) is 24.0 Å². The van der Waals surface area contributed by atoms with Crippen molar-refractivity contribution in [2.45, 2.75) is 25.7 Å². The molecule has 0 aromatic heterocycles. The minimum absolute atomic E-state index is 0.252. The first-order valence-electron chi connectivity index (χ1n) is 9.18. The maximum atomic E-state index is 12.1. The molecule has 1 saturated carbocycles. The lowest BCUT2D eigenvalue weighted by Crippen LogP contribution is -2.29. The SMILES string of the molecule is CN(CCCc1cccc(Oc2ccccc2)c1)C(=O)CPC=C1CC1. The summed E-state index contributed by atoms with van der Waals surface area (Å²) in [5.41, 5.74) is 2.76. The molecule has 1 amide bonds. The molecular weight excluding hydrogens is 341 g/mol. The van der Waals surface area contributed by atoms with Crippen LogP contribution in [0.15, 0.2) is 66.0 Å². The van der Waals surface area contributed by atoms with Gasteiger partial charge in [0.05, 0.1) is 0 Å². The Morgan fingerprint density at radius 3 is 2.65 bits per heavy atom. The lowest BCUT2D eigenvalue weighted by molar-refractivity contribution is -0.127. The van der Waals surface area contributed by atoms with Crippen molar-refractivity contribution in [1.29, 1.82) is 0 Å². The van der Waals surface area contributed by atoms with Crippen LogP contribution in [0.25, 0.3) is 0 Å². The van der Waals surface area contributed by atoms with Crippen LogP contribution in [0.3, 0.4) is 0 Å². The van der Waals surface area contributed by atoms with Gasteiger partial charge in [0.2, 0.25) is 5.91 Å². The highest BCUT2D eigenvalue weighted by molar-refractivity contribution is 7.42. The van der Waals surface area contributed by atoms with E-state index >= 15 is 0 Å². The molecule has 0 N–H and O–H groups in total. The Hall–Kier alpha value is -2.12. The maximum absolute atomic E-state index is 12.1. The molecule has 2 aromatic rings. The molecule has 26 heavy (non-hydrogen) atoms. The first kappa shape index (κ1) is 18.7. The third kappa shape index (κ3) is 6.31. The number of para-hydroxylation sites is 1. The van der Waals surface area contributed by atoms with E-state index in [0.29, 0.717) is 14.7 Å². The Morgan fingerprint density at radius 1 is 1.12 bits per heavy atom. The van der Waals surface area contributed by atoms with Gasteiger partial charge in [-0.15, -0.1) is 0 Å². The van der Waals surface area contributed by atoms with Gasteiger partial charge in [0.1, 0.15) is 11.5 Å². The maximum Gasteiger partial charge on any atom is 0.226 e. The van der Waals surface area contributed by atoms with Crippen molar-refractivity contribution in [3.05, 3.63) is 71.6 Å². The van der Waals surface area contributed by atoms with E-state index in [4.69, 9.17) is 4.74 Å². The summed E-state index contributed by atoms with van der Waals surface area (Å²) in [6, 6.07) is 18.0. The van der Waals surface area contributed by atoms with Crippen molar-refractivity contribution in [3.8, 4) is 11.5 Å². The van der Waals surface area contributed by atoms with E-state index in [9.17, 15) is 4.79 Å². The molecule has 136 valence electrons. The van der Waals surface area contributed by atoms with Gasteiger partial charge in [-0.25, -0.2) is 0 Å². The summed E-state index contributed by atoms with van der Waals surface area (Å²) in [5, 5.41) is 0. The molecule has 0 radical (unpaired) electrons. The molecular formula is C22H26NO2P. The number of aryl methyl sites for hydroxylation is 1. The van der Waals surface area contributed by atoms with Crippen LogP contribution in [0.5, 0.6) is 11.5 Å². The number of benzene rings is 2. The van der Waals surface area contributed by atoms with Crippen molar-refractivity contribution in [2.24, 2.45) is 0 Å². The van der Waals surface area contributed by atoms with Crippen LogP contribution in [0, 0.1) is 0 Å². The number of allylic oxidation sites excluding steroid dienone is 1. The molecule has 0 aliphatic heterocycles. The predicted molar refractivity (Wildman–Crippen MR) is 109 cm³/mol. The van der Waals surface area contributed by atoms with Gasteiger partial charge in [-0.05, 0) is 55.5 Å². The van der Waals surface area contributed by atoms with E-state index in [0.717, 1.165) is 30.9 Å². The largest absolute Gasteiger partial charge is 0.457 e. The second-order valence-electron chi connectivity index (χ2n) is 6.66. The second-order valence-corrected chi connectivity index (χ2v) is 7.72. The standard InChI is InChI=1S/C22H26NO2P/c1-23(22(24)17-26-16-19-12-13-19)14-6-8-18-7-5-11-21(15-18)25-20-9-3-2-4-10-20/h2-5,7,9-11,15-16,26H,6,8,12-14,17H2,1H3. The van der Waals surface area contributed by atoms with Gasteiger partial charge in [-0.2, -0.15) is 0 Å². The molecule has 4 heteroatoms. The van der Waals surface area contributed by atoms with Gasteiger partial charge in [0.25, 0.3) is 0 Å². The zero-order valence-corrected chi connectivity index (χ0v) is 16.3. The molecule has 3 nitrogen and oxygen atoms in total. The third-order valence-electron chi connectivity index (χ3n) is 4.36. The summed E-state index contributed by atoms with van der Waals surface area (Å²) < 4.78 is 5.88. The minimum atomic E-state index is 0.252. The molecule has 0 saturated heterocycles. The van der Waals surface area contributed by atoms with Gasteiger partial charge < -0.3 is 9.64 Å². The van der Waals surface area contributed by atoms with Crippen LogP contribution < -0.4 is 4.74 Å². The Kier molecular flexibility index (Phi) is 6.85. The normalized spacial score (nSPS) is 13.0. The molecule has 0 bridgehead atoms. The Labute approximate surface area is 157 Å². The van der Waals surface area contributed by atoms with E-state index < -0.39 is 0 Å². The molecule has 1 aliphatic carbocycles. The predicted octanol–water partition coefficient (Wildman–Crippen LogP) is 5.23. The smallest absolute Gasteiger partial charge is 0.226 e. The van der Waals surface area contributed by atoms with Crippen LogP contribution in [-0.4, -0.2) is 30.6 Å². The molecule has 1 aliphatic rings. The minimum Gasteiger partial charge on any atom is -0.457 e. The fraction of sp³-hybridized carbons (Fsp3) is 0.318. The highest BCUT2D eigenvalue weighted by Gasteiger charge is 2.11. The number of hydrogen-bond acceptors (Lipinski definition) is 2. The van der Waals surface area contributed by atoms with Gasteiger partial charge in [0, 0.05) is 19.8 Å². The quantitative estimate of drug-likeness (QED) is 0.568. The number of carbonyl (C=O) groups is 1. The highest BCUT2D eigenvalue weighted by Crippen LogP contribution is 2.32. The van der Waals surface area contributed by atoms with Crippen molar-refractivity contribution >= 4 is 14.5 Å². The van der Waals surface area contributed by atoms with Gasteiger partial charge in [-0.1, -0.05) is 50.3 Å². The average Bonchev–Trinajstić information content (AvgIpc) is 3.47. The third-order valence-corrected chi connectivity index (χ3v) is 5.48. The molecule has 0 spiro atoms. The lowest BCUT2D eigenvalue weighted by atomic mass is 10.1. The number of rotatable bonds is 9. The summed E-state index contributed by atoms with van der Waals surface area (Å²) >= 11 is 0. The number of amides is 1. The Morgan fingerprint density at radius 2 is 1.88 bits per heavy atom. The summed E-state index contributed by atoms with van der Waals surface area (Å²) in [7, 11) is 2.55. The number of hydrogen-bond donors (Lipinski definition) is 0. The first-order chi connectivity index (χ1) is 12.7. The second kappa shape index (κ2) is 9.54. The lowest BCUT2D eigenvalue weighted by Gasteiger charge is -2.16. The molecule has 3 rings (SSSR count). The van der Waals surface area contributed by atoms with Gasteiger partial charge in [0.15, 0.2) is 0 Å². The first-order valence-corrected chi connectivity index (χ1v) is 10.5. The zero-order chi connectivity index (χ0) is 18.2. The molecule has 2 aromatic carbocycles. The van der Waals surface area contributed by atoms with Gasteiger partial charge in [-0.3, -0.25) is 4.79 Å². The van der Waals surface area contributed by atoms with Crippen LogP contribution in [0.1, 0.15) is 24.8 Å². The topological polar surface area (TPSA) is 29.5 Å². The van der Waals surface area contributed by atoms with E-state index in [1.54, 1.807) is 0 Å². The highest BCUT2D eigenvalue weighted by atomic mass is 31.1. The fourth-order valence-corrected chi connectivity index (χ4v) is 3.79. The zero-order valence-electron chi connectivity index (χ0n) is 15.3. The Bertz CT molecular complexity index is 752. The van der Waals surface area contributed by atoms with Crippen molar-refractivity contribution in [2.75, 3.05) is 19.8 Å². The molecule has 1 atom stereocenters. The van der Waals surface area contributed by atoms with Crippen LogP contribution in [0.4, 0.5) is 0 Å². The van der Waals surface area contributed by atoms with E-state index in [-0.39, 0.29) is 5.91 Å². The number of nitrogens with zero attached hydrogens (tertiary/aromatic N) is 1. The average molecular weight is 367 g/mol. The fourth-order valence-electron chi connectivity index (χ4n) is 2.67. The van der Waals surface area contributed by atoms with Crippen LogP contribution in [0.2, 0.25) is 0 Å². The molecule has 0 heterocycles. The van der Waals surface area contributed by atoms with Crippen molar-refractivity contribution in [1.82, 2.24) is 4.90 Å².